The maximum absolute atomic E-state index is 13.5. The Kier molecular flexibility index (Phi) is 4.88. The van der Waals surface area contributed by atoms with Crippen molar-refractivity contribution in [2.75, 3.05) is 16.6 Å². The summed E-state index contributed by atoms with van der Waals surface area (Å²) >= 11 is 0. The van der Waals surface area contributed by atoms with Crippen LogP contribution in [0, 0.1) is 5.92 Å². The van der Waals surface area contributed by atoms with Crippen molar-refractivity contribution in [2.45, 2.75) is 19.1 Å². The molecule has 3 aromatic rings. The van der Waals surface area contributed by atoms with Gasteiger partial charge >= 0.3 is 0 Å². The van der Waals surface area contributed by atoms with Gasteiger partial charge in [-0.25, -0.2) is 9.96 Å². The van der Waals surface area contributed by atoms with E-state index in [1.807, 2.05) is 49.4 Å². The van der Waals surface area contributed by atoms with Crippen LogP contribution in [0.25, 0.3) is 0 Å². The van der Waals surface area contributed by atoms with E-state index in [2.05, 4.69) is 4.98 Å². The van der Waals surface area contributed by atoms with Gasteiger partial charge in [-0.05, 0) is 55.0 Å². The number of amides is 2. The molecule has 1 aromatic heterocycles. The number of para-hydroxylation sites is 1. The normalized spacial score (nSPS) is 22.7. The van der Waals surface area contributed by atoms with Crippen molar-refractivity contribution >= 4 is 23.2 Å². The summed E-state index contributed by atoms with van der Waals surface area (Å²) in [5.41, 5.74) is 2.10. The third-order valence-electron chi connectivity index (χ3n) is 5.56. The largest absolute Gasteiger partial charge is 0.494 e. The van der Waals surface area contributed by atoms with E-state index >= 15 is 0 Å². The Morgan fingerprint density at radius 2 is 1.71 bits per heavy atom. The first-order chi connectivity index (χ1) is 15.2. The topological polar surface area (TPSA) is 72.0 Å². The molecular weight excluding hydrogens is 394 g/mol. The Balaban J connectivity index is 1.52. The Bertz CT molecular complexity index is 1090. The summed E-state index contributed by atoms with van der Waals surface area (Å²) in [6.07, 6.45) is 2.49. The molecule has 0 spiro atoms. The van der Waals surface area contributed by atoms with Gasteiger partial charge in [0.15, 0.2) is 6.10 Å². The number of rotatable bonds is 5. The van der Waals surface area contributed by atoms with E-state index in [1.165, 1.54) is 4.90 Å². The molecule has 2 amide bonds. The zero-order valence-electron chi connectivity index (χ0n) is 16.9. The minimum atomic E-state index is -0.899. The Morgan fingerprint density at radius 1 is 0.935 bits per heavy atom. The first kappa shape index (κ1) is 19.3. The molecule has 2 saturated heterocycles. The molecule has 3 atom stereocenters. The van der Waals surface area contributed by atoms with Gasteiger partial charge < -0.3 is 4.74 Å². The van der Waals surface area contributed by atoms with E-state index in [-0.39, 0.29) is 11.8 Å². The van der Waals surface area contributed by atoms with Gasteiger partial charge in [-0.2, -0.15) is 0 Å². The van der Waals surface area contributed by atoms with Gasteiger partial charge in [0.25, 0.3) is 5.91 Å². The van der Waals surface area contributed by atoms with Crippen LogP contribution < -0.4 is 14.7 Å². The molecule has 0 radical (unpaired) electrons. The number of hydrogen-bond donors (Lipinski definition) is 0. The average Bonchev–Trinajstić information content (AvgIpc) is 3.32. The van der Waals surface area contributed by atoms with Gasteiger partial charge in [-0.15, -0.1) is 0 Å². The maximum atomic E-state index is 13.5. The molecule has 2 aromatic carbocycles. The molecule has 2 aliphatic heterocycles. The van der Waals surface area contributed by atoms with Crippen molar-refractivity contribution in [3.05, 3.63) is 84.7 Å². The smallest absolute Gasteiger partial charge is 0.266 e. The Labute approximate surface area is 179 Å². The number of fused-ring (bicyclic) bond motifs is 1. The lowest BCUT2D eigenvalue weighted by Crippen LogP contribution is -2.37. The van der Waals surface area contributed by atoms with Crippen LogP contribution in [0.1, 0.15) is 18.5 Å². The second-order valence-electron chi connectivity index (χ2n) is 7.38. The van der Waals surface area contributed by atoms with Crippen molar-refractivity contribution < 1.29 is 19.2 Å². The molecule has 5 rings (SSSR count). The third-order valence-corrected chi connectivity index (χ3v) is 5.56. The van der Waals surface area contributed by atoms with Gasteiger partial charge in [0.2, 0.25) is 5.91 Å². The van der Waals surface area contributed by atoms with E-state index in [1.54, 1.807) is 41.7 Å². The zero-order chi connectivity index (χ0) is 21.4. The van der Waals surface area contributed by atoms with E-state index in [0.29, 0.717) is 18.0 Å². The van der Waals surface area contributed by atoms with Crippen molar-refractivity contribution in [1.82, 2.24) is 4.98 Å². The molecule has 2 fully saturated rings. The maximum Gasteiger partial charge on any atom is 0.266 e. The number of hydroxylamine groups is 1. The van der Waals surface area contributed by atoms with Crippen LogP contribution in [0.3, 0.4) is 0 Å². The van der Waals surface area contributed by atoms with Gasteiger partial charge in [0, 0.05) is 12.4 Å². The van der Waals surface area contributed by atoms with Gasteiger partial charge in [-0.3, -0.25) is 19.4 Å². The number of imide groups is 1. The summed E-state index contributed by atoms with van der Waals surface area (Å²) in [6.45, 7) is 2.44. The third kappa shape index (κ3) is 3.23. The Morgan fingerprint density at radius 3 is 2.39 bits per heavy atom. The number of ether oxygens (including phenoxy) is 1. The first-order valence-electron chi connectivity index (χ1n) is 10.2. The lowest BCUT2D eigenvalue weighted by atomic mass is 9.91. The zero-order valence-corrected chi connectivity index (χ0v) is 16.9. The summed E-state index contributed by atoms with van der Waals surface area (Å²) in [4.78, 5) is 38.3. The van der Waals surface area contributed by atoms with Gasteiger partial charge in [0.05, 0.1) is 24.0 Å². The fraction of sp³-hybridized carbons (Fsp3) is 0.208. The number of nitrogens with zero attached hydrogens (tertiary/aromatic N) is 3. The van der Waals surface area contributed by atoms with Crippen molar-refractivity contribution in [1.29, 1.82) is 0 Å². The van der Waals surface area contributed by atoms with Crippen molar-refractivity contribution in [3.63, 3.8) is 0 Å². The monoisotopic (exact) mass is 415 g/mol. The lowest BCUT2D eigenvalue weighted by molar-refractivity contribution is -0.126. The summed E-state index contributed by atoms with van der Waals surface area (Å²) in [5.74, 6) is -0.647. The number of aromatic nitrogens is 1. The second-order valence-corrected chi connectivity index (χ2v) is 7.38. The van der Waals surface area contributed by atoms with Crippen molar-refractivity contribution in [2.24, 2.45) is 5.92 Å². The molecule has 156 valence electrons. The fourth-order valence-electron chi connectivity index (χ4n) is 4.22. The number of carbonyl (C=O) groups is 2. The van der Waals surface area contributed by atoms with Crippen LogP contribution in [-0.2, 0) is 14.4 Å². The van der Waals surface area contributed by atoms with E-state index in [0.717, 1.165) is 11.3 Å². The first-order valence-corrected chi connectivity index (χ1v) is 10.2. The number of anilines is 2. The summed E-state index contributed by atoms with van der Waals surface area (Å²) in [6, 6.07) is 19.7. The molecule has 0 bridgehead atoms. The van der Waals surface area contributed by atoms with Crippen LogP contribution in [-0.4, -0.2) is 29.5 Å². The molecule has 2 aliphatic rings. The van der Waals surface area contributed by atoms with Crippen LogP contribution in [0.15, 0.2) is 79.1 Å². The van der Waals surface area contributed by atoms with Gasteiger partial charge in [0.1, 0.15) is 11.7 Å². The highest BCUT2D eigenvalue weighted by molar-refractivity contribution is 6.23. The minimum absolute atomic E-state index is 0.286. The van der Waals surface area contributed by atoms with Crippen molar-refractivity contribution in [3.8, 4) is 5.75 Å². The summed E-state index contributed by atoms with van der Waals surface area (Å²) < 4.78 is 5.46. The number of pyridine rings is 1. The van der Waals surface area contributed by atoms with E-state index in [4.69, 9.17) is 9.57 Å². The SMILES string of the molecule is CCOc1ccc(N2C(=O)C3ON(c4ccccc4)C(c4cccnc4)C3C2=O)cc1. The molecule has 0 saturated carbocycles. The molecule has 7 heteroatoms. The average molecular weight is 415 g/mol. The lowest BCUT2D eigenvalue weighted by Gasteiger charge is -2.28. The fourth-order valence-corrected chi connectivity index (χ4v) is 4.22. The van der Waals surface area contributed by atoms with Crippen LogP contribution in [0.5, 0.6) is 5.75 Å². The molecule has 0 N–H and O–H groups in total. The van der Waals surface area contributed by atoms with Crippen LogP contribution in [0.4, 0.5) is 11.4 Å². The highest BCUT2D eigenvalue weighted by Gasteiger charge is 2.60. The van der Waals surface area contributed by atoms with Crippen LogP contribution in [0.2, 0.25) is 0 Å². The highest BCUT2D eigenvalue weighted by Crippen LogP contribution is 2.47. The standard InChI is InChI=1S/C24H21N3O4/c1-2-30-19-12-10-17(11-13-19)26-23(28)20-21(16-7-6-14-25-15-16)27(31-22(20)24(26)29)18-8-4-3-5-9-18/h3-15,20-22H,2H2,1H3. The predicted molar refractivity (Wildman–Crippen MR) is 114 cm³/mol. The molecular formula is C24H21N3O4. The molecule has 0 aliphatic carbocycles. The number of hydrogen-bond acceptors (Lipinski definition) is 6. The quantitative estimate of drug-likeness (QED) is 0.594. The second kappa shape index (κ2) is 7.85. The molecule has 3 heterocycles. The van der Waals surface area contributed by atoms with E-state index in [9.17, 15) is 9.59 Å². The number of benzene rings is 2. The summed E-state index contributed by atoms with van der Waals surface area (Å²) in [5, 5.41) is 1.66. The Hall–Kier alpha value is -3.71. The number of carbonyl (C=O) groups excluding carboxylic acids is 2. The molecule has 3 unspecified atom stereocenters. The van der Waals surface area contributed by atoms with Gasteiger partial charge in [-0.1, -0.05) is 24.3 Å². The highest BCUT2D eigenvalue weighted by atomic mass is 16.7. The summed E-state index contributed by atoms with van der Waals surface area (Å²) in [7, 11) is 0. The molecule has 31 heavy (non-hydrogen) atoms. The van der Waals surface area contributed by atoms with E-state index < -0.39 is 18.1 Å². The molecule has 7 nitrogen and oxygen atoms in total. The predicted octanol–water partition coefficient (Wildman–Crippen LogP) is 3.53. The minimum Gasteiger partial charge on any atom is -0.494 e. The van der Waals surface area contributed by atoms with Crippen LogP contribution >= 0.6 is 0 Å².